The van der Waals surface area contributed by atoms with E-state index < -0.39 is 0 Å². The smallest absolute Gasteiger partial charge is 0.318 e. The van der Waals surface area contributed by atoms with Crippen molar-refractivity contribution in [2.75, 3.05) is 17.7 Å². The number of hydrogen-bond acceptors (Lipinski definition) is 2. The third kappa shape index (κ3) is 5.22. The van der Waals surface area contributed by atoms with E-state index in [2.05, 4.69) is 16.0 Å². The highest BCUT2D eigenvalue weighted by molar-refractivity contribution is 6.30. The standard InChI is InChI=1S/C19H22ClN3O2/c1-12(2)17(13-4-6-14(20)7-5-13)18(24)22-15-8-10-16(11-9-15)23-19(25)21-3/h4-12,17H,1-3H3,(H,22,24)(H2,21,23,25)/t17-/m0/s1. The van der Waals surface area contributed by atoms with Gasteiger partial charge in [0, 0.05) is 23.4 Å². The zero-order valence-corrected chi connectivity index (χ0v) is 15.2. The minimum atomic E-state index is -0.292. The summed E-state index contributed by atoms with van der Waals surface area (Å²) >= 11 is 5.93. The normalized spacial score (nSPS) is 11.7. The van der Waals surface area contributed by atoms with E-state index in [0.29, 0.717) is 16.4 Å². The maximum Gasteiger partial charge on any atom is 0.318 e. The third-order valence-corrected chi connectivity index (χ3v) is 4.07. The van der Waals surface area contributed by atoms with Crippen molar-refractivity contribution in [2.45, 2.75) is 19.8 Å². The van der Waals surface area contributed by atoms with Crippen LogP contribution in [-0.2, 0) is 4.79 Å². The van der Waals surface area contributed by atoms with Crippen LogP contribution < -0.4 is 16.0 Å². The van der Waals surface area contributed by atoms with E-state index in [4.69, 9.17) is 11.6 Å². The topological polar surface area (TPSA) is 70.2 Å². The number of nitrogens with one attached hydrogen (secondary N) is 3. The summed E-state index contributed by atoms with van der Waals surface area (Å²) in [6.07, 6.45) is 0. The number of carbonyl (C=O) groups excluding carboxylic acids is 2. The first kappa shape index (κ1) is 18.8. The molecule has 2 aromatic rings. The SMILES string of the molecule is CNC(=O)Nc1ccc(NC(=O)[C@H](c2ccc(Cl)cc2)C(C)C)cc1. The number of hydrogen-bond donors (Lipinski definition) is 3. The minimum absolute atomic E-state index is 0.0793. The predicted octanol–water partition coefficient (Wildman–Crippen LogP) is 4.47. The molecule has 0 bridgehead atoms. The van der Waals surface area contributed by atoms with Gasteiger partial charge in [0.15, 0.2) is 0 Å². The Hall–Kier alpha value is -2.53. The first-order valence-electron chi connectivity index (χ1n) is 8.06. The summed E-state index contributed by atoms with van der Waals surface area (Å²) in [5.41, 5.74) is 2.25. The lowest BCUT2D eigenvalue weighted by Gasteiger charge is -2.21. The van der Waals surface area contributed by atoms with Gasteiger partial charge in [-0.25, -0.2) is 4.79 Å². The van der Waals surface area contributed by atoms with Gasteiger partial charge in [-0.05, 0) is 47.9 Å². The maximum absolute atomic E-state index is 12.7. The van der Waals surface area contributed by atoms with Crippen molar-refractivity contribution in [3.05, 3.63) is 59.1 Å². The highest BCUT2D eigenvalue weighted by Gasteiger charge is 2.24. The van der Waals surface area contributed by atoms with E-state index >= 15 is 0 Å². The fourth-order valence-corrected chi connectivity index (χ4v) is 2.69. The van der Waals surface area contributed by atoms with Crippen LogP contribution in [0, 0.1) is 5.92 Å². The lowest BCUT2D eigenvalue weighted by Crippen LogP contribution is -2.25. The van der Waals surface area contributed by atoms with Crippen molar-refractivity contribution >= 4 is 34.9 Å². The molecular formula is C19H22ClN3O2. The average Bonchev–Trinajstić information content (AvgIpc) is 2.58. The number of amides is 3. The van der Waals surface area contributed by atoms with Crippen molar-refractivity contribution in [1.82, 2.24) is 5.32 Å². The molecule has 1 atom stereocenters. The third-order valence-electron chi connectivity index (χ3n) is 3.82. The van der Waals surface area contributed by atoms with Crippen LogP contribution in [0.1, 0.15) is 25.3 Å². The number of benzene rings is 2. The first-order valence-corrected chi connectivity index (χ1v) is 8.43. The Morgan fingerprint density at radius 1 is 0.880 bits per heavy atom. The summed E-state index contributed by atoms with van der Waals surface area (Å²) in [7, 11) is 1.55. The van der Waals surface area contributed by atoms with Crippen LogP contribution in [0.4, 0.5) is 16.2 Å². The summed E-state index contributed by atoms with van der Waals surface area (Å²) in [4.78, 5) is 24.0. The van der Waals surface area contributed by atoms with Gasteiger partial charge in [-0.3, -0.25) is 4.79 Å². The fraction of sp³-hybridized carbons (Fsp3) is 0.263. The van der Waals surface area contributed by atoms with Gasteiger partial charge in [0.1, 0.15) is 0 Å². The molecule has 0 heterocycles. The molecule has 25 heavy (non-hydrogen) atoms. The van der Waals surface area contributed by atoms with Gasteiger partial charge in [-0.1, -0.05) is 37.6 Å². The molecule has 3 N–H and O–H groups in total. The molecule has 6 heteroatoms. The van der Waals surface area contributed by atoms with Crippen molar-refractivity contribution in [1.29, 1.82) is 0 Å². The molecular weight excluding hydrogens is 338 g/mol. The van der Waals surface area contributed by atoms with Gasteiger partial charge in [0.25, 0.3) is 0 Å². The largest absolute Gasteiger partial charge is 0.341 e. The molecule has 0 spiro atoms. The second-order valence-corrected chi connectivity index (χ2v) is 6.48. The molecule has 3 amide bonds. The molecule has 0 saturated heterocycles. The second kappa shape index (κ2) is 8.53. The Balaban J connectivity index is 2.10. The Morgan fingerprint density at radius 2 is 1.40 bits per heavy atom. The summed E-state index contributed by atoms with van der Waals surface area (Å²) in [6, 6.07) is 14.0. The van der Waals surface area contributed by atoms with E-state index in [-0.39, 0.29) is 23.8 Å². The van der Waals surface area contributed by atoms with E-state index in [1.807, 2.05) is 26.0 Å². The van der Waals surface area contributed by atoms with Gasteiger partial charge >= 0.3 is 6.03 Å². The van der Waals surface area contributed by atoms with Gasteiger partial charge in [-0.15, -0.1) is 0 Å². The Bertz CT molecular complexity index is 727. The van der Waals surface area contributed by atoms with Crippen LogP contribution in [0.5, 0.6) is 0 Å². The maximum atomic E-state index is 12.7. The van der Waals surface area contributed by atoms with Gasteiger partial charge in [0.2, 0.25) is 5.91 Å². The average molecular weight is 360 g/mol. The predicted molar refractivity (Wildman–Crippen MR) is 102 cm³/mol. The zero-order valence-electron chi connectivity index (χ0n) is 14.5. The van der Waals surface area contributed by atoms with Gasteiger partial charge < -0.3 is 16.0 Å². The van der Waals surface area contributed by atoms with E-state index in [9.17, 15) is 9.59 Å². The summed E-state index contributed by atoms with van der Waals surface area (Å²) in [5, 5.41) is 8.72. The molecule has 2 aromatic carbocycles. The first-order chi connectivity index (χ1) is 11.9. The number of carbonyl (C=O) groups is 2. The highest BCUT2D eigenvalue weighted by atomic mass is 35.5. The minimum Gasteiger partial charge on any atom is -0.341 e. The number of rotatable bonds is 5. The van der Waals surface area contributed by atoms with Crippen LogP contribution in [0.25, 0.3) is 0 Å². The number of anilines is 2. The fourth-order valence-electron chi connectivity index (χ4n) is 2.56. The lowest BCUT2D eigenvalue weighted by molar-refractivity contribution is -0.118. The number of urea groups is 1. The van der Waals surface area contributed by atoms with Crippen LogP contribution in [-0.4, -0.2) is 19.0 Å². The molecule has 0 aliphatic heterocycles. The van der Waals surface area contributed by atoms with Gasteiger partial charge in [0.05, 0.1) is 5.92 Å². The van der Waals surface area contributed by atoms with Crippen molar-refractivity contribution in [3.63, 3.8) is 0 Å². The molecule has 0 unspecified atom stereocenters. The molecule has 0 aliphatic carbocycles. The molecule has 5 nitrogen and oxygen atoms in total. The summed E-state index contributed by atoms with van der Waals surface area (Å²) < 4.78 is 0. The molecule has 0 radical (unpaired) electrons. The Labute approximate surface area is 152 Å². The van der Waals surface area contributed by atoms with Crippen LogP contribution in [0.3, 0.4) is 0 Å². The van der Waals surface area contributed by atoms with Crippen LogP contribution in [0.2, 0.25) is 5.02 Å². The van der Waals surface area contributed by atoms with E-state index in [1.54, 1.807) is 43.4 Å². The molecule has 132 valence electrons. The van der Waals surface area contributed by atoms with E-state index in [1.165, 1.54) is 0 Å². The monoisotopic (exact) mass is 359 g/mol. The molecule has 0 saturated carbocycles. The lowest BCUT2D eigenvalue weighted by atomic mass is 9.87. The van der Waals surface area contributed by atoms with Crippen LogP contribution in [0.15, 0.2) is 48.5 Å². The second-order valence-electron chi connectivity index (χ2n) is 6.04. The Kier molecular flexibility index (Phi) is 6.42. The van der Waals surface area contributed by atoms with Crippen molar-refractivity contribution in [3.8, 4) is 0 Å². The molecule has 0 aromatic heterocycles. The van der Waals surface area contributed by atoms with Crippen molar-refractivity contribution < 1.29 is 9.59 Å². The van der Waals surface area contributed by atoms with Gasteiger partial charge in [-0.2, -0.15) is 0 Å². The van der Waals surface area contributed by atoms with Crippen LogP contribution >= 0.6 is 11.6 Å². The quantitative estimate of drug-likeness (QED) is 0.737. The summed E-state index contributed by atoms with van der Waals surface area (Å²) in [5.74, 6) is -0.222. The van der Waals surface area contributed by atoms with E-state index in [0.717, 1.165) is 5.56 Å². The Morgan fingerprint density at radius 3 is 1.88 bits per heavy atom. The number of halogens is 1. The molecule has 2 rings (SSSR count). The highest BCUT2D eigenvalue weighted by Crippen LogP contribution is 2.27. The molecule has 0 fully saturated rings. The zero-order chi connectivity index (χ0) is 18.4. The molecule has 0 aliphatic rings. The summed E-state index contributed by atoms with van der Waals surface area (Å²) in [6.45, 7) is 4.02. The van der Waals surface area contributed by atoms with Crippen molar-refractivity contribution in [2.24, 2.45) is 5.92 Å².